The predicted molar refractivity (Wildman–Crippen MR) is 104 cm³/mol. The van der Waals surface area contributed by atoms with Crippen molar-refractivity contribution in [3.63, 3.8) is 0 Å². The Bertz CT molecular complexity index is 675. The molecule has 0 aliphatic heterocycles. The molecule has 2 rings (SSSR count). The van der Waals surface area contributed by atoms with E-state index >= 15 is 0 Å². The number of quaternary nitrogens is 1. The van der Waals surface area contributed by atoms with Gasteiger partial charge in [0.2, 0.25) is 0 Å². The molecule has 3 N–H and O–H groups in total. The molecule has 0 aliphatic carbocycles. The number of aliphatic hydroxyl groups excluding tert-OH is 1. The van der Waals surface area contributed by atoms with Gasteiger partial charge in [0.25, 0.3) is 0 Å². The van der Waals surface area contributed by atoms with Crippen LogP contribution in [0.25, 0.3) is 0 Å². The molecule has 0 saturated heterocycles. The van der Waals surface area contributed by atoms with Gasteiger partial charge in [0.1, 0.15) is 18.4 Å². The maximum atomic E-state index is 10.1. The van der Waals surface area contributed by atoms with Crippen LogP contribution in [0.5, 0.6) is 17.2 Å². The van der Waals surface area contributed by atoms with Crippen LogP contribution in [0, 0.1) is 0 Å². The first-order valence-electron chi connectivity index (χ1n) is 9.07. The van der Waals surface area contributed by atoms with Crippen LogP contribution in [0.4, 0.5) is 0 Å². The predicted octanol–water partition coefficient (Wildman–Crippen LogP) is 1.40. The van der Waals surface area contributed by atoms with Gasteiger partial charge in [0.15, 0.2) is 11.5 Å². The van der Waals surface area contributed by atoms with Gasteiger partial charge in [-0.3, -0.25) is 0 Å². The van der Waals surface area contributed by atoms with Crippen molar-refractivity contribution in [1.82, 2.24) is 0 Å². The number of rotatable bonds is 12. The summed E-state index contributed by atoms with van der Waals surface area (Å²) in [5, 5.41) is 12.2. The summed E-state index contributed by atoms with van der Waals surface area (Å²) in [6.45, 7) is 2.25. The van der Waals surface area contributed by atoms with Crippen LogP contribution in [-0.4, -0.2) is 52.2 Å². The van der Waals surface area contributed by atoms with Crippen LogP contribution in [0.3, 0.4) is 0 Å². The second kappa shape index (κ2) is 11.4. The van der Waals surface area contributed by atoms with Crippen LogP contribution in [0.1, 0.15) is 11.1 Å². The van der Waals surface area contributed by atoms with Gasteiger partial charge in [-0.05, 0) is 35.4 Å². The van der Waals surface area contributed by atoms with E-state index in [9.17, 15) is 5.11 Å². The molecule has 0 heterocycles. The van der Waals surface area contributed by atoms with Crippen molar-refractivity contribution in [3.05, 3.63) is 53.6 Å². The molecule has 0 unspecified atom stereocenters. The highest BCUT2D eigenvalue weighted by molar-refractivity contribution is 5.42. The van der Waals surface area contributed by atoms with Gasteiger partial charge in [-0.25, -0.2) is 0 Å². The molecule has 2 aromatic rings. The summed E-state index contributed by atoms with van der Waals surface area (Å²) >= 11 is 0. The molecule has 0 amide bonds. The number of benzene rings is 2. The van der Waals surface area contributed by atoms with Crippen LogP contribution in [0.15, 0.2) is 42.5 Å². The fraction of sp³-hybridized carbons (Fsp3) is 0.429. The molecule has 0 aliphatic rings. The summed E-state index contributed by atoms with van der Waals surface area (Å²) in [7, 11) is 4.88. The molecule has 0 bridgehead atoms. The van der Waals surface area contributed by atoms with E-state index in [2.05, 4.69) is 17.4 Å². The minimum atomic E-state index is -0.499. The average molecular weight is 376 g/mol. The summed E-state index contributed by atoms with van der Waals surface area (Å²) < 4.78 is 21.3. The molecule has 27 heavy (non-hydrogen) atoms. The third-order valence-corrected chi connectivity index (χ3v) is 4.26. The molecule has 1 atom stereocenters. The summed E-state index contributed by atoms with van der Waals surface area (Å²) in [4.78, 5) is 0. The lowest BCUT2D eigenvalue weighted by Crippen LogP contribution is -2.87. The first-order chi connectivity index (χ1) is 13.2. The number of methoxy groups -OCH3 is 3. The lowest BCUT2D eigenvalue weighted by atomic mass is 10.1. The van der Waals surface area contributed by atoms with Crippen molar-refractivity contribution in [2.75, 3.05) is 41.0 Å². The average Bonchev–Trinajstić information content (AvgIpc) is 2.71. The lowest BCUT2D eigenvalue weighted by molar-refractivity contribution is -0.660. The van der Waals surface area contributed by atoms with E-state index in [-0.39, 0.29) is 0 Å². The van der Waals surface area contributed by atoms with E-state index < -0.39 is 6.10 Å². The molecule has 0 fully saturated rings. The van der Waals surface area contributed by atoms with Crippen LogP contribution in [-0.2, 0) is 17.8 Å². The van der Waals surface area contributed by atoms with Gasteiger partial charge in [-0.2, -0.15) is 0 Å². The Hall–Kier alpha value is -2.28. The van der Waals surface area contributed by atoms with Crippen molar-refractivity contribution in [2.24, 2.45) is 0 Å². The summed E-state index contributed by atoms with van der Waals surface area (Å²) in [6.07, 6.45) is 0.449. The first kappa shape index (κ1) is 21.0. The zero-order chi connectivity index (χ0) is 19.5. The van der Waals surface area contributed by atoms with Gasteiger partial charge in [-0.15, -0.1) is 0 Å². The highest BCUT2D eigenvalue weighted by atomic mass is 16.5. The van der Waals surface area contributed by atoms with Gasteiger partial charge in [-0.1, -0.05) is 18.2 Å². The molecule has 6 heteroatoms. The van der Waals surface area contributed by atoms with Crippen molar-refractivity contribution in [3.8, 4) is 17.2 Å². The Labute approximate surface area is 161 Å². The van der Waals surface area contributed by atoms with E-state index in [0.717, 1.165) is 24.3 Å². The normalized spacial score (nSPS) is 11.9. The Kier molecular flexibility index (Phi) is 8.91. The van der Waals surface area contributed by atoms with Crippen molar-refractivity contribution in [1.29, 1.82) is 0 Å². The van der Waals surface area contributed by atoms with Crippen molar-refractivity contribution in [2.45, 2.75) is 19.1 Å². The SMILES string of the molecule is COc1ccc(CC[NH2+]C[C@@H](O)COCc2ccc(OC)c(OC)c2)cc1. The summed E-state index contributed by atoms with van der Waals surface area (Å²) in [5.41, 5.74) is 2.23. The summed E-state index contributed by atoms with van der Waals surface area (Å²) in [6, 6.07) is 13.7. The Morgan fingerprint density at radius 3 is 2.26 bits per heavy atom. The standard InChI is InChI=1S/C21H29NO5/c1-24-19-7-4-16(5-8-19)10-11-22-13-18(23)15-27-14-17-6-9-20(25-2)21(12-17)26-3/h4-9,12,18,22-23H,10-11,13-15H2,1-3H3/p+1/t18-/m1/s1. The minimum Gasteiger partial charge on any atom is -0.497 e. The first-order valence-corrected chi connectivity index (χ1v) is 9.07. The quantitative estimate of drug-likeness (QED) is 0.548. The van der Waals surface area contributed by atoms with Crippen molar-refractivity contribution >= 4 is 0 Å². The second-order valence-electron chi connectivity index (χ2n) is 6.27. The van der Waals surface area contributed by atoms with E-state index in [1.807, 2.05) is 30.3 Å². The fourth-order valence-electron chi connectivity index (χ4n) is 2.72. The van der Waals surface area contributed by atoms with Gasteiger partial charge in [0.05, 0.1) is 41.1 Å². The van der Waals surface area contributed by atoms with Gasteiger partial charge in [0, 0.05) is 6.42 Å². The molecular weight excluding hydrogens is 346 g/mol. The highest BCUT2D eigenvalue weighted by Crippen LogP contribution is 2.27. The van der Waals surface area contributed by atoms with E-state index in [1.54, 1.807) is 21.3 Å². The highest BCUT2D eigenvalue weighted by Gasteiger charge is 2.08. The van der Waals surface area contributed by atoms with E-state index in [4.69, 9.17) is 18.9 Å². The summed E-state index contributed by atoms with van der Waals surface area (Å²) in [5.74, 6) is 2.23. The van der Waals surface area contributed by atoms with Crippen molar-refractivity contribution < 1.29 is 29.4 Å². The molecule has 0 radical (unpaired) electrons. The molecule has 0 saturated carbocycles. The molecule has 2 aromatic carbocycles. The third-order valence-electron chi connectivity index (χ3n) is 4.26. The lowest BCUT2D eigenvalue weighted by Gasteiger charge is -2.12. The largest absolute Gasteiger partial charge is 0.497 e. The Morgan fingerprint density at radius 2 is 1.59 bits per heavy atom. The Morgan fingerprint density at radius 1 is 0.889 bits per heavy atom. The van der Waals surface area contributed by atoms with Crippen LogP contribution >= 0.6 is 0 Å². The number of aliphatic hydroxyl groups is 1. The number of ether oxygens (including phenoxy) is 4. The smallest absolute Gasteiger partial charge is 0.161 e. The molecular formula is C21H30NO5+. The zero-order valence-electron chi connectivity index (χ0n) is 16.3. The third kappa shape index (κ3) is 7.09. The Balaban J connectivity index is 1.62. The number of hydrogen-bond donors (Lipinski definition) is 2. The monoisotopic (exact) mass is 376 g/mol. The fourth-order valence-corrected chi connectivity index (χ4v) is 2.72. The number of nitrogens with two attached hydrogens (primary N) is 1. The van der Waals surface area contributed by atoms with Crippen LogP contribution < -0.4 is 19.5 Å². The molecule has 0 aromatic heterocycles. The maximum absolute atomic E-state index is 10.1. The maximum Gasteiger partial charge on any atom is 0.161 e. The molecule has 0 spiro atoms. The van der Waals surface area contributed by atoms with Crippen LogP contribution in [0.2, 0.25) is 0 Å². The van der Waals surface area contributed by atoms with E-state index in [0.29, 0.717) is 31.3 Å². The minimum absolute atomic E-state index is 0.299. The topological polar surface area (TPSA) is 73.8 Å². The van der Waals surface area contributed by atoms with Gasteiger partial charge >= 0.3 is 0 Å². The zero-order valence-corrected chi connectivity index (χ0v) is 16.3. The second-order valence-corrected chi connectivity index (χ2v) is 6.27. The van der Waals surface area contributed by atoms with Gasteiger partial charge < -0.3 is 29.4 Å². The molecule has 148 valence electrons. The number of hydrogen-bond acceptors (Lipinski definition) is 5. The molecule has 6 nitrogen and oxygen atoms in total. The van der Waals surface area contributed by atoms with E-state index in [1.165, 1.54) is 5.56 Å².